The minimum absolute atomic E-state index is 0.0302. The minimum atomic E-state index is -0.465. The Bertz CT molecular complexity index is 290. The van der Waals surface area contributed by atoms with Crippen molar-refractivity contribution in [2.75, 3.05) is 6.61 Å². The predicted molar refractivity (Wildman–Crippen MR) is 64.7 cm³/mol. The van der Waals surface area contributed by atoms with Gasteiger partial charge in [0.1, 0.15) is 5.60 Å². The molecule has 2 saturated heterocycles. The van der Waals surface area contributed by atoms with Crippen molar-refractivity contribution >= 4 is 6.09 Å². The zero-order valence-corrected chi connectivity index (χ0v) is 11.0. The molecular weight excluding hydrogens is 218 g/mol. The highest BCUT2D eigenvalue weighted by atomic mass is 16.6. The molecule has 1 N–H and O–H groups in total. The monoisotopic (exact) mass is 241 g/mol. The molecule has 0 unspecified atom stereocenters. The van der Waals surface area contributed by atoms with Gasteiger partial charge in [-0.25, -0.2) is 4.79 Å². The molecule has 4 nitrogen and oxygen atoms in total. The molecule has 0 aromatic heterocycles. The van der Waals surface area contributed by atoms with Crippen molar-refractivity contribution in [1.29, 1.82) is 0 Å². The van der Waals surface area contributed by atoms with Crippen molar-refractivity contribution in [2.24, 2.45) is 5.92 Å². The third-order valence-electron chi connectivity index (χ3n) is 3.83. The fourth-order valence-electron chi connectivity index (χ4n) is 3.10. The molecule has 17 heavy (non-hydrogen) atoms. The molecule has 0 spiro atoms. The molecule has 2 bridgehead atoms. The topological polar surface area (TPSA) is 49.8 Å². The highest BCUT2D eigenvalue weighted by Gasteiger charge is 2.45. The number of amides is 1. The van der Waals surface area contributed by atoms with E-state index in [9.17, 15) is 9.90 Å². The first-order valence-electron chi connectivity index (χ1n) is 6.54. The smallest absolute Gasteiger partial charge is 0.410 e. The Hall–Kier alpha value is -0.770. The molecule has 1 amide bonds. The van der Waals surface area contributed by atoms with Gasteiger partial charge in [-0.2, -0.15) is 0 Å². The van der Waals surface area contributed by atoms with Crippen LogP contribution in [0.25, 0.3) is 0 Å². The second-order valence-electron chi connectivity index (χ2n) is 6.21. The Labute approximate surface area is 103 Å². The Kier molecular flexibility index (Phi) is 3.34. The van der Waals surface area contributed by atoms with Crippen LogP contribution in [0.5, 0.6) is 0 Å². The third-order valence-corrected chi connectivity index (χ3v) is 3.83. The van der Waals surface area contributed by atoms with Gasteiger partial charge in [0.15, 0.2) is 0 Å². The van der Waals surface area contributed by atoms with Gasteiger partial charge in [0.2, 0.25) is 0 Å². The van der Waals surface area contributed by atoms with Crippen molar-refractivity contribution < 1.29 is 14.6 Å². The summed E-state index contributed by atoms with van der Waals surface area (Å²) in [6.45, 7) is 5.68. The van der Waals surface area contributed by atoms with E-state index in [0.29, 0.717) is 5.92 Å². The molecule has 3 aliphatic rings. The number of fused-ring (bicyclic) bond motifs is 3. The van der Waals surface area contributed by atoms with E-state index in [1.165, 1.54) is 0 Å². The SMILES string of the molecule is CC(C)(C)OC(=O)N1C2CCC(CC2)[C@H]1CO. The lowest BCUT2D eigenvalue weighted by atomic mass is 9.75. The average molecular weight is 241 g/mol. The van der Waals surface area contributed by atoms with Crippen LogP contribution in [0, 0.1) is 5.92 Å². The van der Waals surface area contributed by atoms with Crippen molar-refractivity contribution in [1.82, 2.24) is 4.90 Å². The summed E-state index contributed by atoms with van der Waals surface area (Å²) in [5.74, 6) is 0.456. The first kappa shape index (κ1) is 12.7. The second-order valence-corrected chi connectivity index (χ2v) is 6.21. The van der Waals surface area contributed by atoms with E-state index < -0.39 is 5.60 Å². The molecule has 1 atom stereocenters. The zero-order chi connectivity index (χ0) is 12.6. The number of piperidine rings is 2. The number of nitrogens with zero attached hydrogens (tertiary/aromatic N) is 1. The normalized spacial score (nSPS) is 32.7. The van der Waals surface area contributed by atoms with Crippen LogP contribution in [0.15, 0.2) is 0 Å². The van der Waals surface area contributed by atoms with Crippen LogP contribution < -0.4 is 0 Å². The van der Waals surface area contributed by atoms with E-state index in [-0.39, 0.29) is 24.8 Å². The van der Waals surface area contributed by atoms with Crippen molar-refractivity contribution in [3.05, 3.63) is 0 Å². The van der Waals surface area contributed by atoms with Crippen LogP contribution in [-0.4, -0.2) is 40.4 Å². The number of rotatable bonds is 1. The number of aliphatic hydroxyl groups excluding tert-OH is 1. The van der Waals surface area contributed by atoms with Gasteiger partial charge in [0, 0.05) is 6.04 Å². The summed E-state index contributed by atoms with van der Waals surface area (Å²) < 4.78 is 5.44. The molecule has 0 aromatic rings. The van der Waals surface area contributed by atoms with E-state index in [0.717, 1.165) is 25.7 Å². The lowest BCUT2D eigenvalue weighted by Gasteiger charge is -2.50. The van der Waals surface area contributed by atoms with E-state index in [1.807, 2.05) is 20.8 Å². The quantitative estimate of drug-likeness (QED) is 0.765. The summed E-state index contributed by atoms with van der Waals surface area (Å²) in [7, 11) is 0. The summed E-state index contributed by atoms with van der Waals surface area (Å²) in [6.07, 6.45) is 4.12. The van der Waals surface area contributed by atoms with Crippen LogP contribution in [0.1, 0.15) is 46.5 Å². The summed E-state index contributed by atoms with van der Waals surface area (Å²) in [5.41, 5.74) is -0.465. The minimum Gasteiger partial charge on any atom is -0.444 e. The van der Waals surface area contributed by atoms with Gasteiger partial charge in [-0.1, -0.05) is 0 Å². The molecule has 98 valence electrons. The molecule has 0 radical (unpaired) electrons. The summed E-state index contributed by atoms with van der Waals surface area (Å²) in [5, 5.41) is 9.48. The van der Waals surface area contributed by atoms with Crippen molar-refractivity contribution in [3.63, 3.8) is 0 Å². The number of aliphatic hydroxyl groups is 1. The van der Waals surface area contributed by atoms with Gasteiger partial charge in [-0.05, 0) is 52.4 Å². The van der Waals surface area contributed by atoms with E-state index >= 15 is 0 Å². The average Bonchev–Trinajstić information content (AvgIpc) is 2.26. The van der Waals surface area contributed by atoms with Gasteiger partial charge < -0.3 is 9.84 Å². The highest BCUT2D eigenvalue weighted by molar-refractivity contribution is 5.69. The number of hydrogen-bond donors (Lipinski definition) is 1. The first-order chi connectivity index (χ1) is 7.92. The Morgan fingerprint density at radius 1 is 1.29 bits per heavy atom. The Morgan fingerprint density at radius 2 is 1.88 bits per heavy atom. The fourth-order valence-corrected chi connectivity index (χ4v) is 3.10. The number of hydrogen-bond acceptors (Lipinski definition) is 3. The van der Waals surface area contributed by atoms with Crippen LogP contribution in [0.2, 0.25) is 0 Å². The molecule has 1 saturated carbocycles. The maximum atomic E-state index is 12.2. The summed E-state index contributed by atoms with van der Waals surface area (Å²) in [6, 6.07) is 0.240. The van der Waals surface area contributed by atoms with Crippen LogP contribution in [0.3, 0.4) is 0 Å². The van der Waals surface area contributed by atoms with Crippen molar-refractivity contribution in [2.45, 2.75) is 64.1 Å². The molecule has 1 aliphatic carbocycles. The predicted octanol–water partition coefficient (Wildman–Crippen LogP) is 2.16. The molecule has 4 heteroatoms. The largest absolute Gasteiger partial charge is 0.444 e. The lowest BCUT2D eigenvalue weighted by Crippen LogP contribution is -2.59. The van der Waals surface area contributed by atoms with Gasteiger partial charge >= 0.3 is 6.09 Å². The van der Waals surface area contributed by atoms with Gasteiger partial charge in [0.25, 0.3) is 0 Å². The summed E-state index contributed by atoms with van der Waals surface area (Å²) in [4.78, 5) is 14.0. The van der Waals surface area contributed by atoms with E-state index in [1.54, 1.807) is 4.90 Å². The van der Waals surface area contributed by atoms with Gasteiger partial charge in [-0.15, -0.1) is 0 Å². The Morgan fingerprint density at radius 3 is 2.35 bits per heavy atom. The number of ether oxygens (including phenoxy) is 1. The van der Waals surface area contributed by atoms with Crippen LogP contribution in [0.4, 0.5) is 4.79 Å². The molecule has 3 rings (SSSR count). The highest BCUT2D eigenvalue weighted by Crippen LogP contribution is 2.40. The van der Waals surface area contributed by atoms with E-state index in [2.05, 4.69) is 0 Å². The number of carbonyl (C=O) groups is 1. The molecule has 0 aromatic carbocycles. The summed E-state index contributed by atoms with van der Waals surface area (Å²) >= 11 is 0. The molecular formula is C13H23NO3. The van der Waals surface area contributed by atoms with Crippen LogP contribution in [-0.2, 0) is 4.74 Å². The first-order valence-corrected chi connectivity index (χ1v) is 6.54. The molecule has 2 aliphatic heterocycles. The molecule has 2 heterocycles. The van der Waals surface area contributed by atoms with Crippen LogP contribution >= 0.6 is 0 Å². The maximum absolute atomic E-state index is 12.2. The fraction of sp³-hybridized carbons (Fsp3) is 0.923. The second kappa shape index (κ2) is 4.48. The standard InChI is InChI=1S/C13H23NO3/c1-13(2,3)17-12(16)14-10-6-4-9(5-7-10)11(14)8-15/h9-11,15H,4-8H2,1-3H3/t9?,10?,11-/m1/s1. The maximum Gasteiger partial charge on any atom is 0.410 e. The van der Waals surface area contributed by atoms with E-state index in [4.69, 9.17) is 4.74 Å². The van der Waals surface area contributed by atoms with Gasteiger partial charge in [0.05, 0.1) is 12.6 Å². The number of carbonyl (C=O) groups excluding carboxylic acids is 1. The third kappa shape index (κ3) is 2.57. The molecule has 3 fully saturated rings. The Balaban J connectivity index is 2.10. The van der Waals surface area contributed by atoms with Gasteiger partial charge in [-0.3, -0.25) is 4.90 Å². The van der Waals surface area contributed by atoms with Crippen molar-refractivity contribution in [3.8, 4) is 0 Å². The zero-order valence-electron chi connectivity index (χ0n) is 11.0. The lowest BCUT2D eigenvalue weighted by molar-refractivity contribution is -0.0543.